The van der Waals surface area contributed by atoms with E-state index in [2.05, 4.69) is 44.8 Å². The van der Waals surface area contributed by atoms with Gasteiger partial charge in [0.2, 0.25) is 0 Å². The van der Waals surface area contributed by atoms with E-state index in [9.17, 15) is 0 Å². The van der Waals surface area contributed by atoms with Gasteiger partial charge in [-0.15, -0.1) is 0 Å². The highest BCUT2D eigenvalue weighted by Gasteiger charge is 2.26. The molecule has 0 bridgehead atoms. The zero-order chi connectivity index (χ0) is 12.2. The van der Waals surface area contributed by atoms with Crippen LogP contribution in [-0.2, 0) is 4.74 Å². The third kappa shape index (κ3) is 4.40. The maximum absolute atomic E-state index is 5.54. The lowest BCUT2D eigenvalue weighted by Gasteiger charge is -2.40. The van der Waals surface area contributed by atoms with E-state index in [1.165, 1.54) is 6.42 Å². The minimum absolute atomic E-state index is 0.211. The first kappa shape index (κ1) is 13.9. The molecule has 1 rings (SSSR count). The molecule has 0 radical (unpaired) electrons. The monoisotopic (exact) mass is 228 g/mol. The van der Waals surface area contributed by atoms with Gasteiger partial charge in [-0.25, -0.2) is 0 Å². The van der Waals surface area contributed by atoms with Crippen LogP contribution < -0.4 is 5.32 Å². The molecule has 1 aliphatic rings. The topological polar surface area (TPSA) is 24.5 Å². The second kappa shape index (κ2) is 5.99. The summed E-state index contributed by atoms with van der Waals surface area (Å²) in [5.41, 5.74) is 0.211. The molecule has 0 saturated carbocycles. The van der Waals surface area contributed by atoms with Gasteiger partial charge in [0.25, 0.3) is 0 Å². The normalized spacial score (nSPS) is 25.7. The van der Waals surface area contributed by atoms with E-state index >= 15 is 0 Å². The largest absolute Gasteiger partial charge is 0.378 e. The number of hydrogen-bond acceptors (Lipinski definition) is 3. The second-order valence-corrected chi connectivity index (χ2v) is 5.85. The van der Waals surface area contributed by atoms with Crippen LogP contribution in [-0.4, -0.2) is 48.8 Å². The molecule has 0 spiro atoms. The summed E-state index contributed by atoms with van der Waals surface area (Å²) < 4.78 is 5.54. The van der Waals surface area contributed by atoms with Crippen LogP contribution in [0.15, 0.2) is 0 Å². The summed E-state index contributed by atoms with van der Waals surface area (Å²) in [5, 5.41) is 3.58. The SMILES string of the molecule is CCC1COCCN1C(C)CNC(C)(C)C. The Kier molecular flexibility index (Phi) is 5.22. The van der Waals surface area contributed by atoms with Gasteiger partial charge in [-0.1, -0.05) is 6.92 Å². The maximum Gasteiger partial charge on any atom is 0.0622 e. The van der Waals surface area contributed by atoms with Gasteiger partial charge in [0, 0.05) is 30.7 Å². The third-order valence-electron chi connectivity index (χ3n) is 3.24. The average molecular weight is 228 g/mol. The number of hydrogen-bond donors (Lipinski definition) is 1. The molecule has 16 heavy (non-hydrogen) atoms. The number of rotatable bonds is 4. The fourth-order valence-corrected chi connectivity index (χ4v) is 2.17. The quantitative estimate of drug-likeness (QED) is 0.795. The molecule has 1 aliphatic heterocycles. The fraction of sp³-hybridized carbons (Fsp3) is 1.00. The van der Waals surface area contributed by atoms with E-state index in [4.69, 9.17) is 4.74 Å². The van der Waals surface area contributed by atoms with Gasteiger partial charge in [0.1, 0.15) is 0 Å². The predicted molar refractivity (Wildman–Crippen MR) is 68.8 cm³/mol. The zero-order valence-corrected chi connectivity index (χ0v) is 11.5. The Balaban J connectivity index is 2.41. The average Bonchev–Trinajstić information content (AvgIpc) is 2.25. The molecule has 0 aliphatic carbocycles. The van der Waals surface area contributed by atoms with E-state index in [1.807, 2.05) is 0 Å². The molecule has 2 unspecified atom stereocenters. The highest BCUT2D eigenvalue weighted by atomic mass is 16.5. The van der Waals surface area contributed by atoms with Crippen molar-refractivity contribution in [2.75, 3.05) is 26.3 Å². The lowest BCUT2D eigenvalue weighted by atomic mass is 10.1. The molecule has 96 valence electrons. The second-order valence-electron chi connectivity index (χ2n) is 5.85. The van der Waals surface area contributed by atoms with Gasteiger partial charge in [0.15, 0.2) is 0 Å². The summed E-state index contributed by atoms with van der Waals surface area (Å²) in [5.74, 6) is 0. The minimum Gasteiger partial charge on any atom is -0.378 e. The molecule has 3 heteroatoms. The summed E-state index contributed by atoms with van der Waals surface area (Å²) in [7, 11) is 0. The highest BCUT2D eigenvalue weighted by Crippen LogP contribution is 2.14. The summed E-state index contributed by atoms with van der Waals surface area (Å²) in [6.07, 6.45) is 1.18. The van der Waals surface area contributed by atoms with Gasteiger partial charge < -0.3 is 10.1 Å². The molecule has 1 saturated heterocycles. The van der Waals surface area contributed by atoms with Crippen molar-refractivity contribution in [2.45, 2.75) is 58.7 Å². The van der Waals surface area contributed by atoms with Crippen molar-refractivity contribution in [2.24, 2.45) is 0 Å². The Bertz CT molecular complexity index is 201. The Hall–Kier alpha value is -0.120. The first-order valence-electron chi connectivity index (χ1n) is 6.52. The Morgan fingerprint density at radius 3 is 2.69 bits per heavy atom. The van der Waals surface area contributed by atoms with Crippen LogP contribution in [0.5, 0.6) is 0 Å². The molecule has 0 aromatic heterocycles. The van der Waals surface area contributed by atoms with Gasteiger partial charge in [-0.2, -0.15) is 0 Å². The van der Waals surface area contributed by atoms with Gasteiger partial charge in [0.05, 0.1) is 13.2 Å². The van der Waals surface area contributed by atoms with Crippen LogP contribution in [0.3, 0.4) is 0 Å². The van der Waals surface area contributed by atoms with E-state index in [0.29, 0.717) is 12.1 Å². The number of nitrogens with zero attached hydrogens (tertiary/aromatic N) is 1. The van der Waals surface area contributed by atoms with Crippen LogP contribution >= 0.6 is 0 Å². The van der Waals surface area contributed by atoms with Crippen LogP contribution in [0, 0.1) is 0 Å². The number of nitrogens with one attached hydrogen (secondary N) is 1. The van der Waals surface area contributed by atoms with Crippen molar-refractivity contribution < 1.29 is 4.74 Å². The molecule has 0 aromatic carbocycles. The minimum atomic E-state index is 0.211. The Morgan fingerprint density at radius 2 is 2.12 bits per heavy atom. The lowest BCUT2D eigenvalue weighted by molar-refractivity contribution is -0.0270. The van der Waals surface area contributed by atoms with E-state index in [-0.39, 0.29) is 5.54 Å². The van der Waals surface area contributed by atoms with Crippen molar-refractivity contribution in [3.63, 3.8) is 0 Å². The first-order chi connectivity index (χ1) is 7.44. The summed E-state index contributed by atoms with van der Waals surface area (Å²) in [4.78, 5) is 2.59. The molecule has 1 N–H and O–H groups in total. The fourth-order valence-electron chi connectivity index (χ4n) is 2.17. The third-order valence-corrected chi connectivity index (χ3v) is 3.24. The smallest absolute Gasteiger partial charge is 0.0622 e. The Morgan fingerprint density at radius 1 is 1.44 bits per heavy atom. The van der Waals surface area contributed by atoms with Crippen molar-refractivity contribution in [3.05, 3.63) is 0 Å². The van der Waals surface area contributed by atoms with E-state index in [0.717, 1.165) is 26.3 Å². The molecule has 2 atom stereocenters. The maximum atomic E-state index is 5.54. The van der Waals surface area contributed by atoms with Gasteiger partial charge in [-0.3, -0.25) is 4.90 Å². The first-order valence-corrected chi connectivity index (χ1v) is 6.52. The molecular formula is C13H28N2O. The lowest BCUT2D eigenvalue weighted by Crippen LogP contribution is -2.54. The number of morpholine rings is 1. The van der Waals surface area contributed by atoms with Crippen molar-refractivity contribution in [3.8, 4) is 0 Å². The van der Waals surface area contributed by atoms with Crippen LogP contribution in [0.25, 0.3) is 0 Å². The molecule has 1 heterocycles. The van der Waals surface area contributed by atoms with E-state index in [1.54, 1.807) is 0 Å². The van der Waals surface area contributed by atoms with Crippen molar-refractivity contribution in [1.29, 1.82) is 0 Å². The number of ether oxygens (including phenoxy) is 1. The summed E-state index contributed by atoms with van der Waals surface area (Å²) >= 11 is 0. The Labute approximate surface area is 101 Å². The summed E-state index contributed by atoms with van der Waals surface area (Å²) in [6.45, 7) is 15.1. The van der Waals surface area contributed by atoms with Crippen molar-refractivity contribution in [1.82, 2.24) is 10.2 Å². The predicted octanol–water partition coefficient (Wildman–Crippen LogP) is 1.87. The van der Waals surface area contributed by atoms with E-state index < -0.39 is 0 Å². The molecule has 3 nitrogen and oxygen atoms in total. The van der Waals surface area contributed by atoms with Crippen LogP contribution in [0.1, 0.15) is 41.0 Å². The summed E-state index contributed by atoms with van der Waals surface area (Å²) in [6, 6.07) is 1.19. The van der Waals surface area contributed by atoms with Gasteiger partial charge in [-0.05, 0) is 34.1 Å². The zero-order valence-electron chi connectivity index (χ0n) is 11.5. The van der Waals surface area contributed by atoms with Crippen molar-refractivity contribution >= 4 is 0 Å². The highest BCUT2D eigenvalue weighted by molar-refractivity contribution is 4.82. The van der Waals surface area contributed by atoms with Gasteiger partial charge >= 0.3 is 0 Å². The molecular weight excluding hydrogens is 200 g/mol. The standard InChI is InChI=1S/C13H28N2O/c1-6-12-10-16-8-7-15(12)11(2)9-14-13(3,4)5/h11-12,14H,6-10H2,1-5H3. The molecule has 0 amide bonds. The van der Waals surface area contributed by atoms with Crippen LogP contribution in [0.2, 0.25) is 0 Å². The molecule has 1 fully saturated rings. The molecule has 0 aromatic rings. The van der Waals surface area contributed by atoms with Crippen LogP contribution in [0.4, 0.5) is 0 Å².